The first-order valence-corrected chi connectivity index (χ1v) is 15.3. The van der Waals surface area contributed by atoms with Gasteiger partial charge in [-0.05, 0) is 66.4 Å². The van der Waals surface area contributed by atoms with Crippen LogP contribution in [0.2, 0.25) is 0 Å². The van der Waals surface area contributed by atoms with E-state index in [0.29, 0.717) is 27.4 Å². The fourth-order valence-electron chi connectivity index (χ4n) is 4.83. The van der Waals surface area contributed by atoms with E-state index in [9.17, 15) is 23.2 Å². The number of nitriles is 1. The summed E-state index contributed by atoms with van der Waals surface area (Å²) in [5.74, 6) is 0.344. The van der Waals surface area contributed by atoms with Gasteiger partial charge in [0.15, 0.2) is 10.6 Å². The molecule has 0 saturated heterocycles. The molecule has 0 saturated carbocycles. The first kappa shape index (κ1) is 33.0. The average molecular weight is 662 g/mol. The monoisotopic (exact) mass is 661 g/mol. The van der Waals surface area contributed by atoms with Crippen molar-refractivity contribution in [3.8, 4) is 40.3 Å². The van der Waals surface area contributed by atoms with Gasteiger partial charge in [0.05, 0.1) is 30.5 Å². The van der Waals surface area contributed by atoms with Crippen molar-refractivity contribution >= 4 is 17.4 Å². The van der Waals surface area contributed by atoms with E-state index in [2.05, 4.69) is 45.0 Å². The summed E-state index contributed by atoms with van der Waals surface area (Å²) in [5.41, 5.74) is 4.73. The number of methoxy groups -OCH3 is 1. The molecule has 14 heteroatoms. The van der Waals surface area contributed by atoms with Crippen molar-refractivity contribution in [3.05, 3.63) is 100 Å². The van der Waals surface area contributed by atoms with E-state index in [1.165, 1.54) is 46.6 Å². The third kappa shape index (κ3) is 7.87. The quantitative estimate of drug-likeness (QED) is 0.181. The Bertz CT molecular complexity index is 1970. The lowest BCUT2D eigenvalue weighted by molar-refractivity contribution is -0.274. The van der Waals surface area contributed by atoms with Crippen LogP contribution in [0.4, 0.5) is 18.0 Å². The number of aryl methyl sites for hydroxylation is 1. The van der Waals surface area contributed by atoms with Crippen LogP contribution in [0, 0.1) is 18.3 Å². The normalized spacial score (nSPS) is 12.5. The van der Waals surface area contributed by atoms with Crippen molar-refractivity contribution in [2.24, 2.45) is 4.99 Å². The van der Waals surface area contributed by atoms with Crippen molar-refractivity contribution in [2.75, 3.05) is 13.7 Å². The number of thiazole rings is 1. The van der Waals surface area contributed by atoms with Crippen LogP contribution in [0.15, 0.2) is 83.4 Å². The number of benzene rings is 3. The van der Waals surface area contributed by atoms with Crippen LogP contribution in [0.5, 0.6) is 11.5 Å². The van der Waals surface area contributed by atoms with Crippen molar-refractivity contribution in [1.29, 1.82) is 5.26 Å². The fourth-order valence-corrected chi connectivity index (χ4v) is 5.69. The molecule has 0 fully saturated rings. The molecule has 1 atom stereocenters. The number of hydrogen-bond donors (Lipinski definition) is 1. The van der Waals surface area contributed by atoms with Gasteiger partial charge in [-0.25, -0.2) is 14.5 Å². The zero-order chi connectivity index (χ0) is 33.7. The molecule has 3 aromatic carbocycles. The molecule has 10 nitrogen and oxygen atoms in total. The van der Waals surface area contributed by atoms with Gasteiger partial charge in [-0.15, -0.1) is 29.6 Å². The maximum atomic E-state index is 12.9. The molecule has 2 amide bonds. The number of halogens is 3. The van der Waals surface area contributed by atoms with Crippen LogP contribution < -0.4 is 19.6 Å². The Morgan fingerprint density at radius 1 is 1.09 bits per heavy atom. The number of alkyl halides is 3. The van der Waals surface area contributed by atoms with Crippen molar-refractivity contribution < 1.29 is 27.4 Å². The molecule has 0 radical (unpaired) electrons. The molecule has 0 aliphatic heterocycles. The number of urea groups is 1. The molecule has 47 heavy (non-hydrogen) atoms. The Hall–Kier alpha value is -5.42. The van der Waals surface area contributed by atoms with Gasteiger partial charge in [0, 0.05) is 23.2 Å². The minimum atomic E-state index is -4.78. The maximum absolute atomic E-state index is 12.9. The van der Waals surface area contributed by atoms with E-state index in [4.69, 9.17) is 4.74 Å². The number of hydrogen-bond acceptors (Lipinski definition) is 7. The zero-order valence-electron chi connectivity index (χ0n) is 25.8. The number of carbonyl (C=O) groups excluding carboxylic acids is 1. The van der Waals surface area contributed by atoms with Gasteiger partial charge in [-0.3, -0.25) is 4.57 Å². The molecular weight excluding hydrogens is 631 g/mol. The Morgan fingerprint density at radius 3 is 2.43 bits per heavy atom. The van der Waals surface area contributed by atoms with E-state index in [0.717, 1.165) is 22.7 Å². The van der Waals surface area contributed by atoms with Crippen LogP contribution >= 0.6 is 11.3 Å². The highest BCUT2D eigenvalue weighted by molar-refractivity contribution is 7.07. The van der Waals surface area contributed by atoms with Crippen LogP contribution in [0.1, 0.15) is 42.5 Å². The third-order valence-electron chi connectivity index (χ3n) is 7.18. The van der Waals surface area contributed by atoms with Gasteiger partial charge < -0.3 is 14.8 Å². The summed E-state index contributed by atoms with van der Waals surface area (Å²) in [6.07, 6.45) is -3.33. The summed E-state index contributed by atoms with van der Waals surface area (Å²) < 4.78 is 50.0. The number of nitrogens with zero attached hydrogens (tertiary/aromatic N) is 6. The minimum absolute atomic E-state index is 0.0449. The van der Waals surface area contributed by atoms with E-state index in [-0.39, 0.29) is 18.2 Å². The summed E-state index contributed by atoms with van der Waals surface area (Å²) in [6.45, 7) is 6.17. The summed E-state index contributed by atoms with van der Waals surface area (Å²) >= 11 is 1.35. The van der Waals surface area contributed by atoms with Crippen molar-refractivity contribution in [1.82, 2.24) is 24.6 Å². The topological polar surface area (TPSA) is 119 Å². The molecular formula is C33H30F3N7O3S. The standard InChI is InChI=1S/C33H30F3N7O3S/c1-20(2)28-15-27(45-4)13-14-29(28)43-21(3)18-47-32(43)40-31(44)38-17-24(16-37)22-5-7-23(8-6-22)30-39-19-42(41-30)25-9-11-26(12-10-25)46-33(34,35)36/h5-15,18-20,24H,17H2,1-4H3,(H,38,44). The van der Waals surface area contributed by atoms with Gasteiger partial charge in [0.2, 0.25) is 0 Å². The second-order valence-electron chi connectivity index (χ2n) is 10.7. The highest BCUT2D eigenvalue weighted by Gasteiger charge is 2.31. The van der Waals surface area contributed by atoms with Crippen LogP contribution in [0.3, 0.4) is 0 Å². The minimum Gasteiger partial charge on any atom is -0.497 e. The Labute approximate surface area is 272 Å². The lowest BCUT2D eigenvalue weighted by Gasteiger charge is -2.16. The summed E-state index contributed by atoms with van der Waals surface area (Å²) in [7, 11) is 1.62. The van der Waals surface area contributed by atoms with Gasteiger partial charge in [-0.2, -0.15) is 10.3 Å². The van der Waals surface area contributed by atoms with Gasteiger partial charge in [0.1, 0.15) is 17.8 Å². The predicted molar refractivity (Wildman–Crippen MR) is 170 cm³/mol. The Morgan fingerprint density at radius 2 is 1.79 bits per heavy atom. The fraction of sp³-hybridized carbons (Fsp3) is 0.242. The highest BCUT2D eigenvalue weighted by Crippen LogP contribution is 2.28. The van der Waals surface area contributed by atoms with Gasteiger partial charge >= 0.3 is 12.4 Å². The largest absolute Gasteiger partial charge is 0.573 e. The SMILES string of the molecule is COc1ccc(-n2c(C)csc2=NC(=O)NCC(C#N)c2ccc(-c3ncn(-c4ccc(OC(F)(F)F)cc4)n3)cc2)c(C(C)C)c1. The molecule has 5 rings (SSSR count). The molecule has 1 unspecified atom stereocenters. The number of nitrogens with one attached hydrogen (secondary N) is 1. The first-order chi connectivity index (χ1) is 22.5. The molecule has 0 bridgehead atoms. The smallest absolute Gasteiger partial charge is 0.497 e. The van der Waals surface area contributed by atoms with E-state index in [1.807, 2.05) is 35.1 Å². The number of carbonyl (C=O) groups is 1. The number of aromatic nitrogens is 4. The lowest BCUT2D eigenvalue weighted by atomic mass is 9.99. The summed E-state index contributed by atoms with van der Waals surface area (Å²) in [4.78, 5) is 22.0. The average Bonchev–Trinajstić information content (AvgIpc) is 3.68. The highest BCUT2D eigenvalue weighted by atomic mass is 32.1. The van der Waals surface area contributed by atoms with Gasteiger partial charge in [0.25, 0.3) is 0 Å². The Kier molecular flexibility index (Phi) is 9.76. The van der Waals surface area contributed by atoms with Crippen LogP contribution in [0.25, 0.3) is 22.8 Å². The predicted octanol–water partition coefficient (Wildman–Crippen LogP) is 7.04. The van der Waals surface area contributed by atoms with Crippen molar-refractivity contribution in [3.63, 3.8) is 0 Å². The zero-order valence-corrected chi connectivity index (χ0v) is 26.6. The van der Waals surface area contributed by atoms with Crippen molar-refractivity contribution in [2.45, 2.75) is 39.0 Å². The molecule has 0 spiro atoms. The van der Waals surface area contributed by atoms with E-state index >= 15 is 0 Å². The third-order valence-corrected chi connectivity index (χ3v) is 8.13. The summed E-state index contributed by atoms with van der Waals surface area (Å²) in [6, 6.07) is 19.7. The van der Waals surface area contributed by atoms with Gasteiger partial charge in [-0.1, -0.05) is 38.1 Å². The van der Waals surface area contributed by atoms with E-state index < -0.39 is 18.3 Å². The summed E-state index contributed by atoms with van der Waals surface area (Å²) in [5, 5.41) is 18.9. The molecule has 5 aromatic rings. The molecule has 242 valence electrons. The number of ether oxygens (including phenoxy) is 2. The van der Waals surface area contributed by atoms with Crippen LogP contribution in [-0.2, 0) is 0 Å². The maximum Gasteiger partial charge on any atom is 0.573 e. The number of amides is 2. The second kappa shape index (κ2) is 13.9. The first-order valence-electron chi connectivity index (χ1n) is 14.4. The van der Waals surface area contributed by atoms with E-state index in [1.54, 1.807) is 31.4 Å². The molecule has 2 aromatic heterocycles. The lowest BCUT2D eigenvalue weighted by Crippen LogP contribution is -2.28. The molecule has 2 heterocycles. The second-order valence-corrected chi connectivity index (χ2v) is 11.6. The Balaban J connectivity index is 1.26. The molecule has 0 aliphatic carbocycles. The molecule has 1 N–H and O–H groups in total. The van der Waals surface area contributed by atoms with Crippen LogP contribution in [-0.4, -0.2) is 45.4 Å². The number of rotatable bonds is 9. The molecule has 0 aliphatic rings.